The minimum absolute atomic E-state index is 0. The lowest BCUT2D eigenvalue weighted by Crippen LogP contribution is -2.29. The van der Waals surface area contributed by atoms with E-state index in [1.807, 2.05) is 0 Å². The molecule has 1 radical (unpaired) electrons. The van der Waals surface area contributed by atoms with Crippen molar-refractivity contribution < 1.29 is 25.0 Å². The molecule has 0 aliphatic rings. The van der Waals surface area contributed by atoms with Gasteiger partial charge in [-0.1, -0.05) is 12.1 Å². The fraction of sp³-hybridized carbons (Fsp3) is 0. The molecular formula is C6H8B2NO6. The number of benzene rings is 1. The van der Waals surface area contributed by atoms with Gasteiger partial charge >= 0.3 is 14.8 Å². The molecule has 1 rings (SSSR count). The zero-order valence-electron chi connectivity index (χ0n) is 7.52. The number of rotatable bonds is 2. The van der Waals surface area contributed by atoms with E-state index in [4.69, 9.17) is 20.1 Å². The fourth-order valence-corrected chi connectivity index (χ4v) is 0.768. The average Bonchev–Trinajstić information content (AvgIpc) is 2.19. The molecule has 0 aromatic heterocycles. The van der Waals surface area contributed by atoms with Gasteiger partial charge in [-0.3, -0.25) is 10.1 Å². The quantitative estimate of drug-likeness (QED) is 0.250. The first kappa shape index (κ1) is 13.6. The second-order valence-electron chi connectivity index (χ2n) is 2.34. The van der Waals surface area contributed by atoms with E-state index in [1.54, 1.807) is 0 Å². The maximum absolute atomic E-state index is 10.2. The van der Waals surface area contributed by atoms with Gasteiger partial charge in [-0.15, -0.1) is 0 Å². The first-order chi connectivity index (χ1) is 7.02. The maximum Gasteiger partial charge on any atom is 0.488 e. The molecule has 7 nitrogen and oxygen atoms in total. The van der Waals surface area contributed by atoms with E-state index in [0.29, 0.717) is 0 Å². The van der Waals surface area contributed by atoms with Gasteiger partial charge in [0, 0.05) is 12.1 Å². The standard InChI is InChI=1S/C6H6BNO4.BH2O2/c9-7(10)5-1-3-6(4-2-5)8(11)12;2-1-3/h1-4,9-10H;2-3H. The van der Waals surface area contributed by atoms with Crippen LogP contribution in [0.5, 0.6) is 0 Å². The van der Waals surface area contributed by atoms with Crippen LogP contribution in [0.15, 0.2) is 24.3 Å². The molecule has 0 bridgehead atoms. The van der Waals surface area contributed by atoms with E-state index < -0.39 is 12.0 Å². The summed E-state index contributed by atoms with van der Waals surface area (Å²) < 4.78 is 0. The van der Waals surface area contributed by atoms with Crippen LogP contribution in [0.2, 0.25) is 0 Å². The van der Waals surface area contributed by atoms with E-state index >= 15 is 0 Å². The van der Waals surface area contributed by atoms with Crippen molar-refractivity contribution >= 4 is 26.0 Å². The molecule has 0 aliphatic carbocycles. The zero-order chi connectivity index (χ0) is 11.8. The highest BCUT2D eigenvalue weighted by Gasteiger charge is 2.12. The minimum atomic E-state index is -1.58. The van der Waals surface area contributed by atoms with Gasteiger partial charge in [0.2, 0.25) is 0 Å². The van der Waals surface area contributed by atoms with Crippen LogP contribution in [-0.2, 0) is 0 Å². The summed E-state index contributed by atoms with van der Waals surface area (Å²) in [5.41, 5.74) is 0.167. The van der Waals surface area contributed by atoms with Crippen LogP contribution < -0.4 is 5.46 Å². The Bertz CT molecular complexity index is 303. The third-order valence-electron chi connectivity index (χ3n) is 1.40. The molecule has 0 fully saturated rings. The van der Waals surface area contributed by atoms with E-state index in [0.717, 1.165) is 0 Å². The Hall–Kier alpha value is -1.41. The van der Waals surface area contributed by atoms with Crippen LogP contribution >= 0.6 is 0 Å². The second kappa shape index (κ2) is 6.96. The number of nitrogens with zero attached hydrogens (tertiary/aromatic N) is 1. The van der Waals surface area contributed by atoms with Crippen molar-refractivity contribution in [2.45, 2.75) is 0 Å². The van der Waals surface area contributed by atoms with Gasteiger partial charge in [-0.25, -0.2) is 0 Å². The van der Waals surface area contributed by atoms with Crippen LogP contribution in [0.25, 0.3) is 0 Å². The molecule has 0 unspecified atom stereocenters. The molecular weight excluding hydrogens is 204 g/mol. The van der Waals surface area contributed by atoms with Crippen molar-refractivity contribution in [3.63, 3.8) is 0 Å². The third-order valence-corrected chi connectivity index (χ3v) is 1.40. The Labute approximate surface area is 86.2 Å². The Morgan fingerprint density at radius 3 is 1.87 bits per heavy atom. The lowest BCUT2D eigenvalue weighted by molar-refractivity contribution is -0.384. The summed E-state index contributed by atoms with van der Waals surface area (Å²) in [4.78, 5) is 9.61. The minimum Gasteiger partial charge on any atom is -0.429 e. The van der Waals surface area contributed by atoms with Crippen molar-refractivity contribution in [2.75, 3.05) is 0 Å². The molecule has 79 valence electrons. The smallest absolute Gasteiger partial charge is 0.429 e. The average molecular weight is 212 g/mol. The van der Waals surface area contributed by atoms with Gasteiger partial charge < -0.3 is 20.1 Å². The number of hydrogen-bond donors (Lipinski definition) is 4. The SMILES string of the molecule is O=[N+]([O-])c1ccc(B(O)O)cc1.O[B]O. The Morgan fingerprint density at radius 1 is 1.20 bits per heavy atom. The van der Waals surface area contributed by atoms with Crippen molar-refractivity contribution in [1.82, 2.24) is 0 Å². The van der Waals surface area contributed by atoms with Crippen molar-refractivity contribution in [1.29, 1.82) is 0 Å². The van der Waals surface area contributed by atoms with E-state index in [1.165, 1.54) is 24.3 Å². The van der Waals surface area contributed by atoms with Crippen LogP contribution in [0.3, 0.4) is 0 Å². The molecule has 1 aromatic rings. The summed E-state index contributed by atoms with van der Waals surface area (Å²) in [5.74, 6) is 0. The lowest BCUT2D eigenvalue weighted by atomic mass is 9.80. The molecule has 0 atom stereocenters. The van der Waals surface area contributed by atoms with Gasteiger partial charge in [-0.05, 0) is 5.46 Å². The van der Waals surface area contributed by atoms with E-state index in [9.17, 15) is 10.1 Å². The summed E-state index contributed by atoms with van der Waals surface area (Å²) in [6.45, 7) is 0. The first-order valence-corrected chi connectivity index (χ1v) is 3.73. The lowest BCUT2D eigenvalue weighted by Gasteiger charge is -1.96. The van der Waals surface area contributed by atoms with Gasteiger partial charge in [-0.2, -0.15) is 0 Å². The van der Waals surface area contributed by atoms with Crippen LogP contribution in [0, 0.1) is 10.1 Å². The molecule has 1 aromatic carbocycles. The first-order valence-electron chi connectivity index (χ1n) is 3.73. The molecule has 0 heterocycles. The summed E-state index contributed by atoms with van der Waals surface area (Å²) >= 11 is 0. The Balaban J connectivity index is 0.000000583. The molecule has 4 N–H and O–H groups in total. The fourth-order valence-electron chi connectivity index (χ4n) is 0.768. The summed E-state index contributed by atoms with van der Waals surface area (Å²) in [5, 5.41) is 41.4. The number of nitro benzene ring substituents is 1. The number of non-ortho nitro benzene ring substituents is 1. The van der Waals surface area contributed by atoms with E-state index in [-0.39, 0.29) is 18.8 Å². The molecule has 0 amide bonds. The van der Waals surface area contributed by atoms with Crippen molar-refractivity contribution in [2.24, 2.45) is 0 Å². The predicted octanol–water partition coefficient (Wildman–Crippen LogP) is -2.22. The monoisotopic (exact) mass is 212 g/mol. The summed E-state index contributed by atoms with van der Waals surface area (Å²) in [6, 6.07) is 5.02. The van der Waals surface area contributed by atoms with Crippen LogP contribution in [0.4, 0.5) is 5.69 Å². The molecule has 0 saturated heterocycles. The predicted molar refractivity (Wildman–Crippen MR) is 53.1 cm³/mol. The topological polar surface area (TPSA) is 124 Å². The highest BCUT2D eigenvalue weighted by atomic mass is 16.6. The van der Waals surface area contributed by atoms with E-state index in [2.05, 4.69) is 0 Å². The van der Waals surface area contributed by atoms with Crippen molar-refractivity contribution in [3.05, 3.63) is 34.4 Å². The molecule has 9 heteroatoms. The summed E-state index contributed by atoms with van der Waals surface area (Å²) in [7, 11) is -1.58. The largest absolute Gasteiger partial charge is 0.488 e. The molecule has 0 saturated carbocycles. The van der Waals surface area contributed by atoms with Crippen LogP contribution in [0.1, 0.15) is 0 Å². The van der Waals surface area contributed by atoms with Crippen molar-refractivity contribution in [3.8, 4) is 0 Å². The summed E-state index contributed by atoms with van der Waals surface area (Å²) in [6.07, 6.45) is 0. The molecule has 0 spiro atoms. The zero-order valence-corrected chi connectivity index (χ0v) is 7.52. The van der Waals surface area contributed by atoms with Gasteiger partial charge in [0.1, 0.15) is 0 Å². The van der Waals surface area contributed by atoms with Gasteiger partial charge in [0.25, 0.3) is 5.69 Å². The van der Waals surface area contributed by atoms with Gasteiger partial charge in [0.15, 0.2) is 0 Å². The highest BCUT2D eigenvalue weighted by Crippen LogP contribution is 2.06. The Morgan fingerprint density at radius 2 is 1.60 bits per heavy atom. The molecule has 15 heavy (non-hydrogen) atoms. The van der Waals surface area contributed by atoms with Gasteiger partial charge in [0.05, 0.1) is 4.92 Å². The second-order valence-corrected chi connectivity index (χ2v) is 2.34. The highest BCUT2D eigenvalue weighted by molar-refractivity contribution is 6.58. The number of nitro groups is 1. The number of hydrogen-bond acceptors (Lipinski definition) is 6. The molecule has 0 aliphatic heterocycles. The van der Waals surface area contributed by atoms with Crippen LogP contribution in [-0.4, -0.2) is 39.8 Å². The third kappa shape index (κ3) is 5.13. The maximum atomic E-state index is 10.2. The Kier molecular flexibility index (Phi) is 6.30. The normalized spacial score (nSPS) is 8.53.